The van der Waals surface area contributed by atoms with Crippen molar-refractivity contribution in [2.45, 2.75) is 20.3 Å². The van der Waals surface area contributed by atoms with Gasteiger partial charge in [-0.1, -0.05) is 12.1 Å². The lowest BCUT2D eigenvalue weighted by Crippen LogP contribution is -2.39. The molecule has 0 aliphatic carbocycles. The maximum absolute atomic E-state index is 12.1. The molecule has 1 aliphatic heterocycles. The first kappa shape index (κ1) is 14.4. The van der Waals surface area contributed by atoms with E-state index in [9.17, 15) is 9.59 Å². The Morgan fingerprint density at radius 2 is 2.20 bits per heavy atom. The summed E-state index contributed by atoms with van der Waals surface area (Å²) in [6, 6.07) is 5.76. The number of hydrogen-bond acceptors (Lipinski definition) is 3. The standard InChI is InChI=1S/C15H20N2O3/c1-11-5-3-6-13(12(11)2)20-10-15(19)17-8-4-7-16-14(18)9-17/h3,5-6H,4,7-10H2,1-2H3,(H,16,18). The lowest BCUT2D eigenvalue weighted by Gasteiger charge is -2.19. The van der Waals surface area contributed by atoms with Crippen LogP contribution in [0, 0.1) is 13.8 Å². The number of carbonyl (C=O) groups is 2. The number of carbonyl (C=O) groups excluding carboxylic acids is 2. The zero-order chi connectivity index (χ0) is 14.5. The molecule has 0 saturated carbocycles. The van der Waals surface area contributed by atoms with Crippen LogP contribution in [0.25, 0.3) is 0 Å². The Balaban J connectivity index is 1.94. The highest BCUT2D eigenvalue weighted by atomic mass is 16.5. The van der Waals surface area contributed by atoms with Gasteiger partial charge in [0.25, 0.3) is 5.91 Å². The van der Waals surface area contributed by atoms with Gasteiger partial charge in [-0.3, -0.25) is 9.59 Å². The van der Waals surface area contributed by atoms with Crippen molar-refractivity contribution in [2.24, 2.45) is 0 Å². The topological polar surface area (TPSA) is 58.6 Å². The number of ether oxygens (including phenoxy) is 1. The third kappa shape index (κ3) is 3.50. The Hall–Kier alpha value is -2.04. The average molecular weight is 276 g/mol. The molecule has 108 valence electrons. The maximum atomic E-state index is 12.1. The molecule has 0 spiro atoms. The van der Waals surface area contributed by atoms with E-state index in [1.807, 2.05) is 32.0 Å². The molecule has 1 N–H and O–H groups in total. The summed E-state index contributed by atoms with van der Waals surface area (Å²) in [5.74, 6) is 0.461. The molecular weight excluding hydrogens is 256 g/mol. The zero-order valence-corrected chi connectivity index (χ0v) is 11.9. The first-order chi connectivity index (χ1) is 9.58. The predicted molar refractivity (Wildman–Crippen MR) is 75.6 cm³/mol. The molecule has 1 heterocycles. The molecule has 5 nitrogen and oxygen atoms in total. The number of benzene rings is 1. The Morgan fingerprint density at radius 3 is 3.00 bits per heavy atom. The van der Waals surface area contributed by atoms with Gasteiger partial charge < -0.3 is 15.0 Å². The van der Waals surface area contributed by atoms with Gasteiger partial charge in [0.05, 0.1) is 6.54 Å². The Morgan fingerprint density at radius 1 is 1.40 bits per heavy atom. The zero-order valence-electron chi connectivity index (χ0n) is 11.9. The molecule has 0 aromatic heterocycles. The van der Waals surface area contributed by atoms with Gasteiger partial charge >= 0.3 is 0 Å². The van der Waals surface area contributed by atoms with Gasteiger partial charge in [-0.25, -0.2) is 0 Å². The molecule has 1 aromatic carbocycles. The number of nitrogens with one attached hydrogen (secondary N) is 1. The van der Waals surface area contributed by atoms with Gasteiger partial charge in [0.2, 0.25) is 5.91 Å². The van der Waals surface area contributed by atoms with Crippen LogP contribution in [0.1, 0.15) is 17.5 Å². The van der Waals surface area contributed by atoms with E-state index in [1.54, 1.807) is 4.90 Å². The van der Waals surface area contributed by atoms with Crippen LogP contribution in [-0.2, 0) is 9.59 Å². The first-order valence-electron chi connectivity index (χ1n) is 6.81. The minimum Gasteiger partial charge on any atom is -0.483 e. The van der Waals surface area contributed by atoms with Crippen LogP contribution >= 0.6 is 0 Å². The van der Waals surface area contributed by atoms with Crippen molar-refractivity contribution in [3.8, 4) is 5.75 Å². The van der Waals surface area contributed by atoms with E-state index in [0.29, 0.717) is 13.1 Å². The van der Waals surface area contributed by atoms with Crippen LogP contribution in [0.4, 0.5) is 0 Å². The van der Waals surface area contributed by atoms with Gasteiger partial charge in [0, 0.05) is 13.1 Å². The van der Waals surface area contributed by atoms with Crippen molar-refractivity contribution in [1.82, 2.24) is 10.2 Å². The normalized spacial score (nSPS) is 15.5. The summed E-state index contributed by atoms with van der Waals surface area (Å²) in [5, 5.41) is 2.75. The molecule has 2 rings (SSSR count). The number of rotatable bonds is 3. The van der Waals surface area contributed by atoms with Crippen molar-refractivity contribution < 1.29 is 14.3 Å². The third-order valence-electron chi connectivity index (χ3n) is 3.52. The van der Waals surface area contributed by atoms with E-state index in [4.69, 9.17) is 4.74 Å². The van der Waals surface area contributed by atoms with Crippen molar-refractivity contribution in [2.75, 3.05) is 26.2 Å². The first-order valence-corrected chi connectivity index (χ1v) is 6.81. The van der Waals surface area contributed by atoms with Crippen molar-refractivity contribution in [3.05, 3.63) is 29.3 Å². The van der Waals surface area contributed by atoms with E-state index in [0.717, 1.165) is 23.3 Å². The summed E-state index contributed by atoms with van der Waals surface area (Å²) in [6.45, 7) is 5.28. The van der Waals surface area contributed by atoms with E-state index in [-0.39, 0.29) is 25.0 Å². The fourth-order valence-electron chi connectivity index (χ4n) is 2.13. The Bertz CT molecular complexity index is 514. The summed E-state index contributed by atoms with van der Waals surface area (Å²) >= 11 is 0. The molecule has 0 radical (unpaired) electrons. The fourth-order valence-corrected chi connectivity index (χ4v) is 2.13. The molecule has 0 unspecified atom stereocenters. The molecule has 2 amide bonds. The average Bonchev–Trinajstić information content (AvgIpc) is 2.65. The van der Waals surface area contributed by atoms with E-state index in [1.165, 1.54) is 0 Å². The van der Waals surface area contributed by atoms with Crippen LogP contribution in [0.15, 0.2) is 18.2 Å². The van der Waals surface area contributed by atoms with Gasteiger partial charge in [0.1, 0.15) is 5.75 Å². The minimum absolute atomic E-state index is 0.0302. The number of aryl methyl sites for hydroxylation is 1. The molecule has 0 atom stereocenters. The van der Waals surface area contributed by atoms with Crippen LogP contribution < -0.4 is 10.1 Å². The van der Waals surface area contributed by atoms with Crippen LogP contribution in [-0.4, -0.2) is 43.0 Å². The summed E-state index contributed by atoms with van der Waals surface area (Å²) in [4.78, 5) is 25.1. The van der Waals surface area contributed by atoms with E-state index >= 15 is 0 Å². The summed E-state index contributed by atoms with van der Waals surface area (Å²) in [6.07, 6.45) is 0.779. The maximum Gasteiger partial charge on any atom is 0.260 e. The number of amides is 2. The van der Waals surface area contributed by atoms with E-state index in [2.05, 4.69) is 5.32 Å². The molecule has 5 heteroatoms. The van der Waals surface area contributed by atoms with Gasteiger partial charge in [-0.2, -0.15) is 0 Å². The van der Waals surface area contributed by atoms with Crippen molar-refractivity contribution in [1.29, 1.82) is 0 Å². The molecule has 1 aromatic rings. The van der Waals surface area contributed by atoms with Crippen LogP contribution in [0.2, 0.25) is 0 Å². The second kappa shape index (κ2) is 6.41. The predicted octanol–water partition coefficient (Wildman–Crippen LogP) is 1.03. The SMILES string of the molecule is Cc1cccc(OCC(=O)N2CCCNC(=O)C2)c1C. The largest absolute Gasteiger partial charge is 0.483 e. The monoisotopic (exact) mass is 276 g/mol. The molecule has 20 heavy (non-hydrogen) atoms. The lowest BCUT2D eigenvalue weighted by molar-refractivity contribution is -0.136. The van der Waals surface area contributed by atoms with Gasteiger partial charge in [-0.15, -0.1) is 0 Å². The smallest absolute Gasteiger partial charge is 0.260 e. The number of nitrogens with zero attached hydrogens (tertiary/aromatic N) is 1. The number of hydrogen-bond donors (Lipinski definition) is 1. The highest BCUT2D eigenvalue weighted by molar-refractivity contribution is 5.85. The summed E-state index contributed by atoms with van der Waals surface area (Å²) < 4.78 is 5.59. The summed E-state index contributed by atoms with van der Waals surface area (Å²) in [7, 11) is 0. The third-order valence-corrected chi connectivity index (χ3v) is 3.52. The second-order valence-corrected chi connectivity index (χ2v) is 5.01. The minimum atomic E-state index is -0.150. The van der Waals surface area contributed by atoms with Gasteiger partial charge in [-0.05, 0) is 37.5 Å². The fraction of sp³-hybridized carbons (Fsp3) is 0.467. The lowest BCUT2D eigenvalue weighted by atomic mass is 10.1. The Kier molecular flexibility index (Phi) is 4.61. The molecule has 1 fully saturated rings. The van der Waals surface area contributed by atoms with Crippen LogP contribution in [0.5, 0.6) is 5.75 Å². The molecule has 1 aliphatic rings. The van der Waals surface area contributed by atoms with E-state index < -0.39 is 0 Å². The highest BCUT2D eigenvalue weighted by Gasteiger charge is 2.20. The molecule has 0 bridgehead atoms. The highest BCUT2D eigenvalue weighted by Crippen LogP contribution is 2.20. The second-order valence-electron chi connectivity index (χ2n) is 5.01. The molecular formula is C15H20N2O3. The van der Waals surface area contributed by atoms with Crippen molar-refractivity contribution in [3.63, 3.8) is 0 Å². The Labute approximate surface area is 118 Å². The quantitative estimate of drug-likeness (QED) is 0.897. The van der Waals surface area contributed by atoms with Crippen LogP contribution in [0.3, 0.4) is 0 Å². The summed E-state index contributed by atoms with van der Waals surface area (Å²) in [5.41, 5.74) is 2.16. The van der Waals surface area contributed by atoms with Crippen molar-refractivity contribution >= 4 is 11.8 Å². The van der Waals surface area contributed by atoms with Gasteiger partial charge in [0.15, 0.2) is 6.61 Å². The molecule has 1 saturated heterocycles.